The van der Waals surface area contributed by atoms with Crippen LogP contribution in [0.4, 0.5) is 0 Å². The van der Waals surface area contributed by atoms with Crippen LogP contribution in [0.1, 0.15) is 38.2 Å². The highest BCUT2D eigenvalue weighted by Gasteiger charge is 2.52. The molecule has 2 N–H and O–H groups in total. The van der Waals surface area contributed by atoms with E-state index in [1.165, 1.54) is 14.2 Å². The van der Waals surface area contributed by atoms with Crippen LogP contribution < -0.4 is 9.47 Å². The second-order valence-corrected chi connectivity index (χ2v) is 5.00. The van der Waals surface area contributed by atoms with E-state index in [0.29, 0.717) is 23.5 Å². The van der Waals surface area contributed by atoms with E-state index in [9.17, 15) is 19.8 Å². The molecule has 0 amide bonds. The summed E-state index contributed by atoms with van der Waals surface area (Å²) in [4.78, 5) is 23.5. The van der Waals surface area contributed by atoms with E-state index in [1.54, 1.807) is 32.0 Å². The van der Waals surface area contributed by atoms with Crippen LogP contribution in [0.5, 0.6) is 11.5 Å². The number of hydrogen-bond donors (Lipinski definition) is 2. The molecule has 0 saturated heterocycles. The molecule has 1 aromatic carbocycles. The fourth-order valence-electron chi connectivity index (χ4n) is 2.88. The summed E-state index contributed by atoms with van der Waals surface area (Å²) in [6, 6.07) is 4.97. The topological polar surface area (TPSA) is 93.1 Å². The summed E-state index contributed by atoms with van der Waals surface area (Å²) in [5.41, 5.74) is -1.34. The van der Waals surface area contributed by atoms with E-state index in [4.69, 9.17) is 9.47 Å². The number of rotatable bonds is 8. The largest absolute Gasteiger partial charge is 0.497 e. The molecule has 0 aliphatic rings. The molecule has 0 heterocycles. The molecule has 0 bridgehead atoms. The summed E-state index contributed by atoms with van der Waals surface area (Å²) in [6.45, 7) is 3.34. The Bertz CT molecular complexity index is 538. The van der Waals surface area contributed by atoms with Gasteiger partial charge in [-0.1, -0.05) is 19.9 Å². The summed E-state index contributed by atoms with van der Waals surface area (Å²) in [6.07, 6.45) is 0.334. The molecular weight excluding hydrogens is 288 g/mol. The molecule has 0 spiro atoms. The van der Waals surface area contributed by atoms with E-state index >= 15 is 0 Å². The maximum Gasteiger partial charge on any atom is 0.321 e. The van der Waals surface area contributed by atoms with Crippen LogP contribution in [-0.2, 0) is 9.59 Å². The normalized spacial score (nSPS) is 12.5. The Labute approximate surface area is 129 Å². The van der Waals surface area contributed by atoms with E-state index in [2.05, 4.69) is 0 Å². The molecule has 1 aromatic rings. The number of benzene rings is 1. The molecule has 0 aliphatic heterocycles. The molecule has 0 aliphatic carbocycles. The smallest absolute Gasteiger partial charge is 0.321 e. The zero-order valence-electron chi connectivity index (χ0n) is 13.3. The Morgan fingerprint density at radius 2 is 1.73 bits per heavy atom. The van der Waals surface area contributed by atoms with Crippen LogP contribution in [0.2, 0.25) is 0 Å². The van der Waals surface area contributed by atoms with Gasteiger partial charge in [0, 0.05) is 12.0 Å². The molecule has 6 heteroatoms. The van der Waals surface area contributed by atoms with Crippen molar-refractivity contribution in [3.8, 4) is 11.5 Å². The number of hydrogen-bond acceptors (Lipinski definition) is 4. The second kappa shape index (κ2) is 7.15. The highest BCUT2D eigenvalue weighted by Crippen LogP contribution is 2.45. The van der Waals surface area contributed by atoms with Crippen molar-refractivity contribution in [1.82, 2.24) is 0 Å². The van der Waals surface area contributed by atoms with Crippen LogP contribution in [0.25, 0.3) is 0 Å². The Morgan fingerprint density at radius 3 is 2.09 bits per heavy atom. The Morgan fingerprint density at radius 1 is 1.14 bits per heavy atom. The molecule has 1 atom stereocenters. The van der Waals surface area contributed by atoms with E-state index in [0.717, 1.165) is 0 Å². The minimum atomic E-state index is -1.89. The van der Waals surface area contributed by atoms with Crippen LogP contribution in [-0.4, -0.2) is 36.4 Å². The third-order valence-corrected chi connectivity index (χ3v) is 4.14. The minimum Gasteiger partial charge on any atom is -0.497 e. The molecule has 1 rings (SSSR count). The van der Waals surface area contributed by atoms with Gasteiger partial charge in [-0.3, -0.25) is 9.59 Å². The van der Waals surface area contributed by atoms with Gasteiger partial charge in [0.15, 0.2) is 5.41 Å². The monoisotopic (exact) mass is 310 g/mol. The predicted molar refractivity (Wildman–Crippen MR) is 80.6 cm³/mol. The molecule has 1 unspecified atom stereocenters. The van der Waals surface area contributed by atoms with E-state index < -0.39 is 23.3 Å². The Hall–Kier alpha value is -2.24. The van der Waals surface area contributed by atoms with Crippen molar-refractivity contribution in [2.24, 2.45) is 5.41 Å². The third kappa shape index (κ3) is 2.86. The molecule has 6 nitrogen and oxygen atoms in total. The predicted octanol–water partition coefficient (Wildman–Crippen LogP) is 2.76. The first-order chi connectivity index (χ1) is 10.4. The highest BCUT2D eigenvalue weighted by atomic mass is 16.5. The molecule has 0 radical (unpaired) electrons. The standard InChI is InChI=1S/C16H22O6/c1-5-12(16(6-2,14(17)18)15(19)20)11-8-7-10(21-3)9-13(11)22-4/h7-9,12H,5-6H2,1-4H3,(H,17,18)(H,19,20). The van der Waals surface area contributed by atoms with Gasteiger partial charge in [-0.25, -0.2) is 0 Å². The fraction of sp³-hybridized carbons (Fsp3) is 0.500. The first-order valence-electron chi connectivity index (χ1n) is 7.07. The summed E-state index contributed by atoms with van der Waals surface area (Å²) in [7, 11) is 2.97. The molecule has 22 heavy (non-hydrogen) atoms. The molecule has 122 valence electrons. The van der Waals surface area contributed by atoms with Gasteiger partial charge >= 0.3 is 11.9 Å². The average Bonchev–Trinajstić information content (AvgIpc) is 2.51. The van der Waals surface area contributed by atoms with Gasteiger partial charge < -0.3 is 19.7 Å². The van der Waals surface area contributed by atoms with Crippen molar-refractivity contribution < 1.29 is 29.3 Å². The van der Waals surface area contributed by atoms with Crippen molar-refractivity contribution in [1.29, 1.82) is 0 Å². The highest BCUT2D eigenvalue weighted by molar-refractivity contribution is 5.99. The number of methoxy groups -OCH3 is 2. The maximum atomic E-state index is 11.7. The van der Waals surface area contributed by atoms with E-state index in [-0.39, 0.29) is 6.42 Å². The van der Waals surface area contributed by atoms with Gasteiger partial charge in [-0.15, -0.1) is 0 Å². The van der Waals surface area contributed by atoms with Crippen LogP contribution in [0.15, 0.2) is 18.2 Å². The molecule has 0 fully saturated rings. The summed E-state index contributed by atoms with van der Waals surface area (Å²) in [5, 5.41) is 19.2. The third-order valence-electron chi connectivity index (χ3n) is 4.14. The van der Waals surface area contributed by atoms with Gasteiger partial charge in [0.2, 0.25) is 0 Å². The lowest BCUT2D eigenvalue weighted by Crippen LogP contribution is -2.44. The first-order valence-corrected chi connectivity index (χ1v) is 7.07. The van der Waals surface area contributed by atoms with Gasteiger partial charge in [-0.05, 0) is 24.5 Å². The minimum absolute atomic E-state index is 0.0225. The zero-order valence-corrected chi connectivity index (χ0v) is 13.3. The summed E-state index contributed by atoms with van der Waals surface area (Å²) < 4.78 is 10.4. The van der Waals surface area contributed by atoms with E-state index in [1.807, 2.05) is 0 Å². The molecular formula is C16H22O6. The van der Waals surface area contributed by atoms with Crippen molar-refractivity contribution in [2.75, 3.05) is 14.2 Å². The molecule has 0 aromatic heterocycles. The van der Waals surface area contributed by atoms with Gasteiger partial charge in [-0.2, -0.15) is 0 Å². The van der Waals surface area contributed by atoms with Crippen LogP contribution in [0, 0.1) is 5.41 Å². The SMILES string of the molecule is CCC(c1ccc(OC)cc1OC)C(CC)(C(=O)O)C(=O)O. The van der Waals surface area contributed by atoms with Gasteiger partial charge in [0.25, 0.3) is 0 Å². The van der Waals surface area contributed by atoms with Gasteiger partial charge in [0.1, 0.15) is 11.5 Å². The number of carbonyl (C=O) groups is 2. The Balaban J connectivity index is 3.53. The van der Waals surface area contributed by atoms with Crippen molar-refractivity contribution >= 4 is 11.9 Å². The second-order valence-electron chi connectivity index (χ2n) is 5.00. The zero-order chi connectivity index (χ0) is 16.9. The molecule has 0 saturated carbocycles. The summed E-state index contributed by atoms with van der Waals surface area (Å²) in [5.74, 6) is -2.41. The number of carboxylic acid groups (broad SMARTS) is 2. The number of aliphatic carboxylic acids is 2. The number of ether oxygens (including phenoxy) is 2. The fourth-order valence-corrected chi connectivity index (χ4v) is 2.88. The lowest BCUT2D eigenvalue weighted by molar-refractivity contribution is -0.167. The number of carboxylic acids is 2. The maximum absolute atomic E-state index is 11.7. The lowest BCUT2D eigenvalue weighted by atomic mass is 9.68. The van der Waals surface area contributed by atoms with Crippen LogP contribution in [0.3, 0.4) is 0 Å². The lowest BCUT2D eigenvalue weighted by Gasteiger charge is -2.33. The first kappa shape index (κ1) is 17.8. The summed E-state index contributed by atoms with van der Waals surface area (Å²) >= 11 is 0. The van der Waals surface area contributed by atoms with Crippen LogP contribution >= 0.6 is 0 Å². The van der Waals surface area contributed by atoms with Crippen molar-refractivity contribution in [3.63, 3.8) is 0 Å². The van der Waals surface area contributed by atoms with Crippen molar-refractivity contribution in [3.05, 3.63) is 23.8 Å². The quantitative estimate of drug-likeness (QED) is 0.717. The Kier molecular flexibility index (Phi) is 5.79. The van der Waals surface area contributed by atoms with Crippen molar-refractivity contribution in [2.45, 2.75) is 32.6 Å². The average molecular weight is 310 g/mol. The van der Waals surface area contributed by atoms with Gasteiger partial charge in [0.05, 0.1) is 14.2 Å².